The molecule has 2 rings (SSSR count). The first kappa shape index (κ1) is 12.8. The first-order valence-corrected chi connectivity index (χ1v) is 6.55. The molecule has 0 saturated carbocycles. The lowest BCUT2D eigenvalue weighted by Crippen LogP contribution is -2.24. The number of benzene rings is 2. The van der Waals surface area contributed by atoms with Crippen molar-refractivity contribution in [3.05, 3.63) is 69.7 Å². The SMILES string of the molecule is Cc1cccc(Br)c1C(=O)NCc1ccccc1. The lowest BCUT2D eigenvalue weighted by molar-refractivity contribution is 0.0949. The number of aryl methyl sites for hydroxylation is 1. The summed E-state index contributed by atoms with van der Waals surface area (Å²) in [7, 11) is 0. The van der Waals surface area contributed by atoms with E-state index in [1.54, 1.807) is 0 Å². The Morgan fingerprint density at radius 2 is 1.83 bits per heavy atom. The maximum absolute atomic E-state index is 12.1. The van der Waals surface area contributed by atoms with E-state index in [0.29, 0.717) is 12.1 Å². The lowest BCUT2D eigenvalue weighted by atomic mass is 10.1. The summed E-state index contributed by atoms with van der Waals surface area (Å²) < 4.78 is 0.827. The van der Waals surface area contributed by atoms with Gasteiger partial charge in [-0.3, -0.25) is 4.79 Å². The molecule has 0 spiro atoms. The Hall–Kier alpha value is -1.61. The molecule has 0 aliphatic carbocycles. The molecule has 2 aromatic rings. The van der Waals surface area contributed by atoms with E-state index in [4.69, 9.17) is 0 Å². The molecule has 0 aliphatic rings. The molecule has 0 atom stereocenters. The second-order valence-electron chi connectivity index (χ2n) is 4.10. The van der Waals surface area contributed by atoms with Gasteiger partial charge in [0.15, 0.2) is 0 Å². The first-order valence-electron chi connectivity index (χ1n) is 5.75. The van der Waals surface area contributed by atoms with Crippen LogP contribution in [0.25, 0.3) is 0 Å². The van der Waals surface area contributed by atoms with Gasteiger partial charge in [0, 0.05) is 11.0 Å². The van der Waals surface area contributed by atoms with Gasteiger partial charge in [-0.1, -0.05) is 42.5 Å². The molecule has 2 nitrogen and oxygen atoms in total. The number of nitrogens with one attached hydrogen (secondary N) is 1. The van der Waals surface area contributed by atoms with Gasteiger partial charge in [0.2, 0.25) is 0 Å². The predicted octanol–water partition coefficient (Wildman–Crippen LogP) is 3.69. The molecule has 0 saturated heterocycles. The van der Waals surface area contributed by atoms with Crippen LogP contribution in [0.2, 0.25) is 0 Å². The third-order valence-electron chi connectivity index (χ3n) is 2.74. The number of hydrogen-bond donors (Lipinski definition) is 1. The lowest BCUT2D eigenvalue weighted by Gasteiger charge is -2.09. The van der Waals surface area contributed by atoms with Gasteiger partial charge in [0.05, 0.1) is 5.56 Å². The number of halogens is 1. The normalized spacial score (nSPS) is 10.1. The fourth-order valence-electron chi connectivity index (χ4n) is 1.79. The van der Waals surface area contributed by atoms with Gasteiger partial charge in [-0.05, 0) is 40.0 Å². The number of hydrogen-bond acceptors (Lipinski definition) is 1. The molecule has 92 valence electrons. The van der Waals surface area contributed by atoms with E-state index in [9.17, 15) is 4.79 Å². The third-order valence-corrected chi connectivity index (χ3v) is 3.41. The molecule has 1 N–H and O–H groups in total. The zero-order chi connectivity index (χ0) is 13.0. The van der Waals surface area contributed by atoms with Gasteiger partial charge in [-0.2, -0.15) is 0 Å². The largest absolute Gasteiger partial charge is 0.348 e. The molecule has 0 unspecified atom stereocenters. The van der Waals surface area contributed by atoms with Crippen LogP contribution in [0.1, 0.15) is 21.5 Å². The highest BCUT2D eigenvalue weighted by atomic mass is 79.9. The summed E-state index contributed by atoms with van der Waals surface area (Å²) in [5.41, 5.74) is 2.76. The Balaban J connectivity index is 2.09. The van der Waals surface area contributed by atoms with Crippen molar-refractivity contribution >= 4 is 21.8 Å². The maximum atomic E-state index is 12.1. The van der Waals surface area contributed by atoms with Crippen molar-refractivity contribution in [3.63, 3.8) is 0 Å². The Morgan fingerprint density at radius 3 is 2.50 bits per heavy atom. The maximum Gasteiger partial charge on any atom is 0.252 e. The fraction of sp³-hybridized carbons (Fsp3) is 0.133. The van der Waals surface area contributed by atoms with Crippen LogP contribution in [0.5, 0.6) is 0 Å². The quantitative estimate of drug-likeness (QED) is 0.920. The van der Waals surface area contributed by atoms with Gasteiger partial charge in [-0.15, -0.1) is 0 Å². The van der Waals surface area contributed by atoms with E-state index in [1.807, 2.05) is 55.5 Å². The molecule has 2 aromatic carbocycles. The summed E-state index contributed by atoms with van der Waals surface area (Å²) >= 11 is 3.41. The van der Waals surface area contributed by atoms with Crippen LogP contribution in [0.15, 0.2) is 53.0 Å². The van der Waals surface area contributed by atoms with Crippen LogP contribution < -0.4 is 5.32 Å². The monoisotopic (exact) mass is 303 g/mol. The van der Waals surface area contributed by atoms with Crippen molar-refractivity contribution in [3.8, 4) is 0 Å². The van der Waals surface area contributed by atoms with E-state index < -0.39 is 0 Å². The number of carbonyl (C=O) groups excluding carboxylic acids is 1. The standard InChI is InChI=1S/C15H14BrNO/c1-11-6-5-9-13(16)14(11)15(18)17-10-12-7-3-2-4-8-12/h2-9H,10H2,1H3,(H,17,18). The zero-order valence-electron chi connectivity index (χ0n) is 10.1. The van der Waals surface area contributed by atoms with Crippen molar-refractivity contribution in [1.29, 1.82) is 0 Å². The van der Waals surface area contributed by atoms with Gasteiger partial charge in [-0.25, -0.2) is 0 Å². The van der Waals surface area contributed by atoms with Crippen LogP contribution in [-0.2, 0) is 6.54 Å². The molecule has 0 radical (unpaired) electrons. The first-order chi connectivity index (χ1) is 8.68. The van der Waals surface area contributed by atoms with Gasteiger partial charge in [0.1, 0.15) is 0 Å². The Bertz CT molecular complexity index is 531. The minimum absolute atomic E-state index is 0.0520. The van der Waals surface area contributed by atoms with E-state index in [1.165, 1.54) is 0 Å². The average molecular weight is 304 g/mol. The summed E-state index contributed by atoms with van der Waals surface area (Å²) in [6, 6.07) is 15.6. The zero-order valence-corrected chi connectivity index (χ0v) is 11.7. The number of amides is 1. The topological polar surface area (TPSA) is 29.1 Å². The molecule has 0 bridgehead atoms. The van der Waals surface area contributed by atoms with E-state index >= 15 is 0 Å². The minimum atomic E-state index is -0.0520. The summed E-state index contributed by atoms with van der Waals surface area (Å²) in [4.78, 5) is 12.1. The van der Waals surface area contributed by atoms with Crippen molar-refractivity contribution in [2.75, 3.05) is 0 Å². The molecular formula is C15H14BrNO. The second-order valence-corrected chi connectivity index (χ2v) is 4.95. The predicted molar refractivity (Wildman–Crippen MR) is 76.5 cm³/mol. The second kappa shape index (κ2) is 5.83. The van der Waals surface area contributed by atoms with Crippen molar-refractivity contribution in [2.24, 2.45) is 0 Å². The summed E-state index contributed by atoms with van der Waals surface area (Å²) in [5, 5.41) is 2.93. The molecule has 18 heavy (non-hydrogen) atoms. The van der Waals surface area contributed by atoms with Gasteiger partial charge < -0.3 is 5.32 Å². The minimum Gasteiger partial charge on any atom is -0.348 e. The third kappa shape index (κ3) is 2.99. The smallest absolute Gasteiger partial charge is 0.252 e. The average Bonchev–Trinajstić information content (AvgIpc) is 2.37. The van der Waals surface area contributed by atoms with Crippen LogP contribution >= 0.6 is 15.9 Å². The number of rotatable bonds is 3. The number of carbonyl (C=O) groups is 1. The van der Waals surface area contributed by atoms with Crippen LogP contribution in [0, 0.1) is 6.92 Å². The molecule has 0 heterocycles. The van der Waals surface area contributed by atoms with E-state index in [-0.39, 0.29) is 5.91 Å². The van der Waals surface area contributed by atoms with Crippen molar-refractivity contribution in [2.45, 2.75) is 13.5 Å². The molecule has 0 fully saturated rings. The van der Waals surface area contributed by atoms with Crippen molar-refractivity contribution < 1.29 is 4.79 Å². The van der Waals surface area contributed by atoms with Gasteiger partial charge >= 0.3 is 0 Å². The molecular weight excluding hydrogens is 290 g/mol. The van der Waals surface area contributed by atoms with Crippen LogP contribution in [0.3, 0.4) is 0 Å². The van der Waals surface area contributed by atoms with Crippen LogP contribution in [0.4, 0.5) is 0 Å². The highest BCUT2D eigenvalue weighted by molar-refractivity contribution is 9.10. The summed E-state index contributed by atoms with van der Waals surface area (Å²) in [6.07, 6.45) is 0. The van der Waals surface area contributed by atoms with Crippen LogP contribution in [-0.4, -0.2) is 5.91 Å². The molecule has 3 heteroatoms. The van der Waals surface area contributed by atoms with E-state index in [2.05, 4.69) is 21.2 Å². The highest BCUT2D eigenvalue weighted by Crippen LogP contribution is 2.19. The summed E-state index contributed by atoms with van der Waals surface area (Å²) in [6.45, 7) is 2.47. The summed E-state index contributed by atoms with van der Waals surface area (Å²) in [5.74, 6) is -0.0520. The molecule has 0 aromatic heterocycles. The Labute approximate surface area is 115 Å². The molecule has 0 aliphatic heterocycles. The fourth-order valence-corrected chi connectivity index (χ4v) is 2.43. The Kier molecular flexibility index (Phi) is 4.15. The van der Waals surface area contributed by atoms with Crippen molar-refractivity contribution in [1.82, 2.24) is 5.32 Å². The Morgan fingerprint density at radius 1 is 1.11 bits per heavy atom. The molecule has 1 amide bonds. The van der Waals surface area contributed by atoms with Gasteiger partial charge in [0.25, 0.3) is 5.91 Å². The highest BCUT2D eigenvalue weighted by Gasteiger charge is 2.11. The van der Waals surface area contributed by atoms with E-state index in [0.717, 1.165) is 15.6 Å².